The Morgan fingerprint density at radius 3 is 2.65 bits per heavy atom. The van der Waals surface area contributed by atoms with E-state index >= 15 is 0 Å². The summed E-state index contributed by atoms with van der Waals surface area (Å²) in [7, 11) is 0. The highest BCUT2D eigenvalue weighted by molar-refractivity contribution is 5.40. The van der Waals surface area contributed by atoms with Gasteiger partial charge in [0.25, 0.3) is 0 Å². The second-order valence-electron chi connectivity index (χ2n) is 6.15. The van der Waals surface area contributed by atoms with Crippen molar-refractivity contribution in [1.82, 2.24) is 0 Å². The van der Waals surface area contributed by atoms with Gasteiger partial charge in [0, 0.05) is 0 Å². The molecule has 2 fully saturated rings. The highest BCUT2D eigenvalue weighted by atomic mass is 14.3. The van der Waals surface area contributed by atoms with Crippen molar-refractivity contribution >= 4 is 0 Å². The molecular weight excluding hydrogens is 204 g/mol. The van der Waals surface area contributed by atoms with E-state index in [9.17, 15) is 0 Å². The second kappa shape index (κ2) is 3.73. The lowest BCUT2D eigenvalue weighted by atomic mass is 9.69. The number of rotatable bonds is 2. The molecule has 0 N–H and O–H groups in total. The summed E-state index contributed by atoms with van der Waals surface area (Å²) >= 11 is 0. The number of hydrogen-bond donors (Lipinski definition) is 0. The summed E-state index contributed by atoms with van der Waals surface area (Å²) in [6, 6.07) is 0. The van der Waals surface area contributed by atoms with Crippen LogP contribution in [0.1, 0.15) is 38.5 Å². The maximum Gasteiger partial charge on any atom is -0.00321 e. The van der Waals surface area contributed by atoms with Gasteiger partial charge in [-0.25, -0.2) is 0 Å². The molecule has 0 amide bonds. The quantitative estimate of drug-likeness (QED) is 0.644. The minimum Gasteiger partial charge on any atom is -0.0806 e. The normalized spacial score (nSPS) is 37.9. The van der Waals surface area contributed by atoms with Gasteiger partial charge >= 0.3 is 0 Å². The van der Waals surface area contributed by atoms with E-state index in [1.54, 1.807) is 16.7 Å². The average molecular weight is 224 g/mol. The molecule has 0 aliphatic heterocycles. The first kappa shape index (κ1) is 9.94. The van der Waals surface area contributed by atoms with Gasteiger partial charge in [0.15, 0.2) is 0 Å². The van der Waals surface area contributed by atoms with Crippen LogP contribution in [0.5, 0.6) is 0 Å². The van der Waals surface area contributed by atoms with E-state index in [4.69, 9.17) is 0 Å². The first-order valence-corrected chi connectivity index (χ1v) is 7.17. The predicted octanol–water partition coefficient (Wildman–Crippen LogP) is 4.57. The Hall–Kier alpha value is -1.04. The molecule has 0 aromatic carbocycles. The molecule has 2 saturated carbocycles. The Labute approximate surface area is 104 Å². The van der Waals surface area contributed by atoms with E-state index in [1.165, 1.54) is 38.5 Å². The van der Waals surface area contributed by atoms with Crippen molar-refractivity contribution in [2.75, 3.05) is 0 Å². The summed E-state index contributed by atoms with van der Waals surface area (Å²) < 4.78 is 0. The van der Waals surface area contributed by atoms with E-state index in [1.807, 2.05) is 0 Å². The van der Waals surface area contributed by atoms with Gasteiger partial charge in [-0.3, -0.25) is 0 Å². The van der Waals surface area contributed by atoms with Crippen LogP contribution in [0, 0.1) is 17.8 Å². The average Bonchev–Trinajstić information content (AvgIpc) is 2.26. The summed E-state index contributed by atoms with van der Waals surface area (Å²) in [6.45, 7) is 0. The highest BCUT2D eigenvalue weighted by Crippen LogP contribution is 2.43. The third-order valence-electron chi connectivity index (χ3n) is 5.12. The zero-order valence-corrected chi connectivity index (χ0v) is 10.4. The summed E-state index contributed by atoms with van der Waals surface area (Å²) in [5.74, 6) is 2.68. The van der Waals surface area contributed by atoms with Crippen LogP contribution in [0.25, 0.3) is 0 Å². The van der Waals surface area contributed by atoms with Crippen LogP contribution < -0.4 is 0 Å². The molecule has 4 rings (SSSR count). The van der Waals surface area contributed by atoms with Gasteiger partial charge < -0.3 is 0 Å². The Kier molecular flexibility index (Phi) is 2.18. The van der Waals surface area contributed by atoms with E-state index in [2.05, 4.69) is 30.4 Å². The van der Waals surface area contributed by atoms with Gasteiger partial charge in [-0.2, -0.15) is 0 Å². The molecule has 0 aromatic heterocycles. The van der Waals surface area contributed by atoms with E-state index in [0.717, 1.165) is 17.8 Å². The van der Waals surface area contributed by atoms with Gasteiger partial charge in [0.2, 0.25) is 0 Å². The molecule has 4 aliphatic carbocycles. The van der Waals surface area contributed by atoms with Crippen LogP contribution in [-0.2, 0) is 0 Å². The maximum atomic E-state index is 2.54. The Morgan fingerprint density at radius 2 is 2.00 bits per heavy atom. The van der Waals surface area contributed by atoms with E-state index in [0.29, 0.717) is 0 Å². The summed E-state index contributed by atoms with van der Waals surface area (Å²) in [4.78, 5) is 0. The largest absolute Gasteiger partial charge is 0.0806 e. The van der Waals surface area contributed by atoms with Gasteiger partial charge in [-0.05, 0) is 67.4 Å². The van der Waals surface area contributed by atoms with Crippen molar-refractivity contribution < 1.29 is 0 Å². The number of hydrogen-bond acceptors (Lipinski definition) is 0. The zero-order valence-electron chi connectivity index (χ0n) is 10.4. The first-order valence-electron chi connectivity index (χ1n) is 7.17. The fraction of sp³-hybridized carbons (Fsp3) is 0.529. The number of allylic oxidation sites excluding steroid dienone is 8. The van der Waals surface area contributed by atoms with Crippen LogP contribution in [0.4, 0.5) is 0 Å². The molecule has 3 unspecified atom stereocenters. The smallest absolute Gasteiger partial charge is 0.00321 e. The standard InChI is InChI=1S/C17H20/c1-3-14-5-7-16(14)10-12(1)9-13-2-4-15-6-8-17(15)11-13/h1-3,10-11,14-16H,4-9H2. The van der Waals surface area contributed by atoms with Gasteiger partial charge in [-0.15, -0.1) is 0 Å². The van der Waals surface area contributed by atoms with E-state index < -0.39 is 0 Å². The molecule has 0 nitrogen and oxygen atoms in total. The van der Waals surface area contributed by atoms with Crippen molar-refractivity contribution in [2.24, 2.45) is 17.8 Å². The van der Waals surface area contributed by atoms with E-state index in [-0.39, 0.29) is 0 Å². The first-order chi connectivity index (χ1) is 8.38. The van der Waals surface area contributed by atoms with Gasteiger partial charge in [-0.1, -0.05) is 36.0 Å². The summed E-state index contributed by atoms with van der Waals surface area (Å²) in [5.41, 5.74) is 4.86. The van der Waals surface area contributed by atoms with Crippen LogP contribution >= 0.6 is 0 Å². The van der Waals surface area contributed by atoms with Crippen LogP contribution in [0.15, 0.2) is 47.1 Å². The Bertz CT molecular complexity index is 458. The molecule has 0 radical (unpaired) electrons. The Morgan fingerprint density at radius 1 is 1.06 bits per heavy atom. The molecule has 0 heteroatoms. The minimum atomic E-state index is 0.878. The molecule has 88 valence electrons. The van der Waals surface area contributed by atoms with Crippen LogP contribution in [0.3, 0.4) is 0 Å². The van der Waals surface area contributed by atoms with Crippen molar-refractivity contribution in [3.8, 4) is 0 Å². The fourth-order valence-corrected chi connectivity index (χ4v) is 3.62. The van der Waals surface area contributed by atoms with Gasteiger partial charge in [0.1, 0.15) is 0 Å². The Balaban J connectivity index is 1.48. The van der Waals surface area contributed by atoms with Gasteiger partial charge in [0.05, 0.1) is 0 Å². The summed E-state index contributed by atoms with van der Waals surface area (Å²) in [5, 5.41) is 0. The topological polar surface area (TPSA) is 0 Å². The molecule has 4 aliphatic rings. The SMILES string of the molecule is C1=CC2CCC2C=C1CC1=CCC2CCC2=C1. The fourth-order valence-electron chi connectivity index (χ4n) is 3.62. The summed E-state index contributed by atoms with van der Waals surface area (Å²) in [6.07, 6.45) is 20.5. The monoisotopic (exact) mass is 224 g/mol. The predicted molar refractivity (Wildman–Crippen MR) is 71.6 cm³/mol. The molecule has 3 atom stereocenters. The molecule has 0 heterocycles. The lowest BCUT2D eigenvalue weighted by Gasteiger charge is -2.36. The van der Waals surface area contributed by atoms with Crippen LogP contribution in [-0.4, -0.2) is 0 Å². The van der Waals surface area contributed by atoms with Crippen molar-refractivity contribution in [3.05, 3.63) is 47.1 Å². The number of fused-ring (bicyclic) bond motifs is 2. The highest BCUT2D eigenvalue weighted by Gasteiger charge is 2.29. The molecule has 0 saturated heterocycles. The third kappa shape index (κ3) is 1.66. The van der Waals surface area contributed by atoms with Crippen molar-refractivity contribution in [1.29, 1.82) is 0 Å². The lowest BCUT2D eigenvalue weighted by molar-refractivity contribution is 0.281. The van der Waals surface area contributed by atoms with Crippen molar-refractivity contribution in [3.63, 3.8) is 0 Å². The zero-order chi connectivity index (χ0) is 11.2. The minimum absolute atomic E-state index is 0.878. The maximum absolute atomic E-state index is 2.54. The molecule has 17 heavy (non-hydrogen) atoms. The second-order valence-corrected chi connectivity index (χ2v) is 6.15. The molecule has 0 aromatic rings. The van der Waals surface area contributed by atoms with Crippen molar-refractivity contribution in [2.45, 2.75) is 38.5 Å². The molecule has 0 spiro atoms. The third-order valence-corrected chi connectivity index (χ3v) is 5.12. The lowest BCUT2D eigenvalue weighted by Crippen LogP contribution is -2.24. The molecular formula is C17H20. The van der Waals surface area contributed by atoms with Crippen LogP contribution in [0.2, 0.25) is 0 Å². The molecule has 0 bridgehead atoms.